The van der Waals surface area contributed by atoms with Crippen molar-refractivity contribution >= 4 is 15.8 Å². The van der Waals surface area contributed by atoms with Crippen LogP contribution in [-0.2, 0) is 19.4 Å². The van der Waals surface area contributed by atoms with E-state index in [9.17, 15) is 13.2 Å². The lowest BCUT2D eigenvalue weighted by Gasteiger charge is -2.09. The van der Waals surface area contributed by atoms with E-state index in [2.05, 4.69) is 0 Å². The number of carbonyl (C=O) groups excluding carboxylic acids is 1. The molecule has 0 aliphatic rings. The third-order valence-electron chi connectivity index (χ3n) is 1.63. The summed E-state index contributed by atoms with van der Waals surface area (Å²) in [4.78, 5) is 11.1. The topological polar surface area (TPSA) is 60.4 Å². The minimum Gasteiger partial charge on any atom is -0.466 e. The normalized spacial score (nSPS) is 13.8. The van der Waals surface area contributed by atoms with Crippen molar-refractivity contribution in [2.24, 2.45) is 5.92 Å². The molecule has 0 amide bonds. The van der Waals surface area contributed by atoms with Crippen LogP contribution in [0.5, 0.6) is 0 Å². The highest BCUT2D eigenvalue weighted by molar-refractivity contribution is 7.91. The lowest BCUT2D eigenvalue weighted by Crippen LogP contribution is -2.24. The number of carbonyl (C=O) groups is 1. The molecule has 0 aromatic carbocycles. The lowest BCUT2D eigenvalue weighted by atomic mass is 10.2. The lowest BCUT2D eigenvalue weighted by molar-refractivity contribution is -0.146. The predicted octanol–water partition coefficient (Wildman–Crippen LogP) is 0.620. The highest BCUT2D eigenvalue weighted by atomic mass is 32.2. The molecule has 0 radical (unpaired) electrons. The Morgan fingerprint density at radius 1 is 1.38 bits per heavy atom. The molecule has 0 fully saturated rings. The molecule has 0 aromatic heterocycles. The Kier molecular flexibility index (Phi) is 4.98. The molecular weight excluding hydrogens is 192 g/mol. The molecule has 4 nitrogen and oxygen atoms in total. The van der Waals surface area contributed by atoms with Gasteiger partial charge in [0.25, 0.3) is 0 Å². The number of rotatable bonds is 5. The fraction of sp³-hybridized carbons (Fsp3) is 0.875. The maximum Gasteiger partial charge on any atom is 0.309 e. The number of esters is 1. The second-order valence-corrected chi connectivity index (χ2v) is 5.25. The molecule has 0 spiro atoms. The molecule has 0 heterocycles. The largest absolute Gasteiger partial charge is 0.466 e. The molecule has 13 heavy (non-hydrogen) atoms. The fourth-order valence-electron chi connectivity index (χ4n) is 0.851. The van der Waals surface area contributed by atoms with Crippen molar-refractivity contribution in [3.63, 3.8) is 0 Å². The van der Waals surface area contributed by atoms with E-state index in [4.69, 9.17) is 4.74 Å². The van der Waals surface area contributed by atoms with E-state index in [1.807, 2.05) is 0 Å². The smallest absolute Gasteiger partial charge is 0.309 e. The van der Waals surface area contributed by atoms with Crippen molar-refractivity contribution in [2.75, 3.05) is 18.1 Å². The first-order valence-electron chi connectivity index (χ1n) is 4.30. The average molecular weight is 208 g/mol. The van der Waals surface area contributed by atoms with Crippen molar-refractivity contribution in [2.45, 2.75) is 20.8 Å². The van der Waals surface area contributed by atoms with Gasteiger partial charge in [-0.3, -0.25) is 4.79 Å². The summed E-state index contributed by atoms with van der Waals surface area (Å²) in [6, 6.07) is 0. The minimum atomic E-state index is -3.08. The van der Waals surface area contributed by atoms with Crippen LogP contribution >= 0.6 is 0 Å². The van der Waals surface area contributed by atoms with Gasteiger partial charge in [-0.2, -0.15) is 0 Å². The van der Waals surface area contributed by atoms with Crippen LogP contribution in [0, 0.1) is 5.92 Å². The molecule has 5 heteroatoms. The Bertz CT molecular complexity index is 255. The Balaban J connectivity index is 4.15. The van der Waals surface area contributed by atoms with E-state index in [-0.39, 0.29) is 18.1 Å². The van der Waals surface area contributed by atoms with Crippen molar-refractivity contribution in [3.05, 3.63) is 0 Å². The van der Waals surface area contributed by atoms with Crippen LogP contribution in [0.2, 0.25) is 0 Å². The van der Waals surface area contributed by atoms with E-state index in [0.29, 0.717) is 0 Å². The second kappa shape index (κ2) is 5.21. The van der Waals surface area contributed by atoms with E-state index in [1.54, 1.807) is 20.8 Å². The zero-order valence-corrected chi connectivity index (χ0v) is 9.06. The molecule has 0 rings (SSSR count). The SMILES string of the molecule is CCOC(=O)C(C)CS(=O)(=O)CC. The fourth-order valence-corrected chi connectivity index (χ4v) is 1.98. The molecule has 0 saturated heterocycles. The van der Waals surface area contributed by atoms with Gasteiger partial charge in [0, 0.05) is 5.75 Å². The van der Waals surface area contributed by atoms with Gasteiger partial charge < -0.3 is 4.74 Å². The van der Waals surface area contributed by atoms with Gasteiger partial charge in [-0.05, 0) is 6.92 Å². The van der Waals surface area contributed by atoms with Crippen LogP contribution in [0.1, 0.15) is 20.8 Å². The van der Waals surface area contributed by atoms with Gasteiger partial charge in [0.05, 0.1) is 18.3 Å². The first-order valence-corrected chi connectivity index (χ1v) is 6.12. The molecular formula is C8H16O4S. The quantitative estimate of drug-likeness (QED) is 0.621. The monoisotopic (exact) mass is 208 g/mol. The predicted molar refractivity (Wildman–Crippen MR) is 50.1 cm³/mol. The van der Waals surface area contributed by atoms with Gasteiger partial charge in [0.15, 0.2) is 9.84 Å². The summed E-state index contributed by atoms with van der Waals surface area (Å²) >= 11 is 0. The van der Waals surface area contributed by atoms with Crippen molar-refractivity contribution in [3.8, 4) is 0 Å². The molecule has 1 atom stereocenters. The van der Waals surface area contributed by atoms with Gasteiger partial charge in [0.1, 0.15) is 0 Å². The third-order valence-corrected chi connectivity index (χ3v) is 3.52. The Morgan fingerprint density at radius 2 is 1.92 bits per heavy atom. The molecule has 0 aliphatic heterocycles. The zero-order chi connectivity index (χ0) is 10.5. The molecule has 0 N–H and O–H groups in total. The van der Waals surface area contributed by atoms with Gasteiger partial charge in [-0.25, -0.2) is 8.42 Å². The summed E-state index contributed by atoms with van der Waals surface area (Å²) in [5.41, 5.74) is 0. The highest BCUT2D eigenvalue weighted by Crippen LogP contribution is 2.04. The summed E-state index contributed by atoms with van der Waals surface area (Å²) in [5, 5.41) is 0. The van der Waals surface area contributed by atoms with Crippen molar-refractivity contribution < 1.29 is 17.9 Å². The van der Waals surface area contributed by atoms with Gasteiger partial charge in [-0.1, -0.05) is 13.8 Å². The van der Waals surface area contributed by atoms with Gasteiger partial charge >= 0.3 is 5.97 Å². The van der Waals surface area contributed by atoms with Crippen molar-refractivity contribution in [1.29, 1.82) is 0 Å². The summed E-state index contributed by atoms with van der Waals surface area (Å²) < 4.78 is 26.9. The first-order chi connectivity index (χ1) is 5.93. The van der Waals surface area contributed by atoms with Crippen molar-refractivity contribution in [1.82, 2.24) is 0 Å². The molecule has 0 aromatic rings. The average Bonchev–Trinajstić information content (AvgIpc) is 2.04. The minimum absolute atomic E-state index is 0.0662. The zero-order valence-electron chi connectivity index (χ0n) is 8.24. The number of hydrogen-bond donors (Lipinski definition) is 0. The maximum atomic E-state index is 11.1. The Morgan fingerprint density at radius 3 is 2.31 bits per heavy atom. The van der Waals surface area contributed by atoms with Gasteiger partial charge in [-0.15, -0.1) is 0 Å². The van der Waals surface area contributed by atoms with Crippen LogP contribution in [0.3, 0.4) is 0 Å². The Hall–Kier alpha value is -0.580. The number of hydrogen-bond acceptors (Lipinski definition) is 4. The number of ether oxygens (including phenoxy) is 1. The summed E-state index contributed by atoms with van der Waals surface area (Å²) in [6.07, 6.45) is 0. The maximum absolute atomic E-state index is 11.1. The van der Waals surface area contributed by atoms with E-state index >= 15 is 0 Å². The third kappa shape index (κ3) is 4.87. The second-order valence-electron chi connectivity index (χ2n) is 2.85. The van der Waals surface area contributed by atoms with Crippen LogP contribution in [0.4, 0.5) is 0 Å². The van der Waals surface area contributed by atoms with Crippen LogP contribution in [0.15, 0.2) is 0 Å². The summed E-state index contributed by atoms with van der Waals surface area (Å²) in [5.74, 6) is -1.07. The highest BCUT2D eigenvalue weighted by Gasteiger charge is 2.20. The van der Waals surface area contributed by atoms with Crippen LogP contribution in [-0.4, -0.2) is 32.5 Å². The van der Waals surface area contributed by atoms with E-state index < -0.39 is 21.7 Å². The molecule has 0 bridgehead atoms. The van der Waals surface area contributed by atoms with Crippen LogP contribution < -0.4 is 0 Å². The molecule has 1 unspecified atom stereocenters. The summed E-state index contributed by atoms with van der Waals surface area (Å²) in [6.45, 7) is 5.10. The standard InChI is InChI=1S/C8H16O4S/c1-4-12-8(9)7(3)6-13(10,11)5-2/h7H,4-6H2,1-3H3. The first kappa shape index (κ1) is 12.4. The van der Waals surface area contributed by atoms with Gasteiger partial charge in [0.2, 0.25) is 0 Å². The van der Waals surface area contributed by atoms with E-state index in [0.717, 1.165) is 0 Å². The van der Waals surface area contributed by atoms with E-state index in [1.165, 1.54) is 0 Å². The molecule has 0 aliphatic carbocycles. The van der Waals surface area contributed by atoms with Crippen LogP contribution in [0.25, 0.3) is 0 Å². The molecule has 0 saturated carbocycles. The summed E-state index contributed by atoms with van der Waals surface area (Å²) in [7, 11) is -3.08. The number of sulfone groups is 1. The Labute approximate surface area is 79.2 Å². The molecule has 78 valence electrons.